The number of rotatable bonds is 2. The normalized spacial score (nSPS) is 22.3. The van der Waals surface area contributed by atoms with E-state index in [2.05, 4.69) is 10.4 Å². The summed E-state index contributed by atoms with van der Waals surface area (Å²) in [4.78, 5) is 39.1. The van der Waals surface area contributed by atoms with Gasteiger partial charge in [0.05, 0.1) is 18.2 Å². The number of carbonyl (C=O) groups is 3. The van der Waals surface area contributed by atoms with Crippen LogP contribution in [0.5, 0.6) is 0 Å². The zero-order valence-electron chi connectivity index (χ0n) is 18.8. The summed E-state index contributed by atoms with van der Waals surface area (Å²) in [5.41, 5.74) is 1.19. The second kappa shape index (κ2) is 8.09. The molecule has 1 aromatic heterocycles. The third kappa shape index (κ3) is 4.27. The van der Waals surface area contributed by atoms with Crippen molar-refractivity contribution in [1.82, 2.24) is 20.0 Å². The molecule has 2 fully saturated rings. The number of fused-ring (bicyclic) bond motifs is 1. The van der Waals surface area contributed by atoms with Gasteiger partial charge in [0.1, 0.15) is 5.60 Å². The zero-order valence-corrected chi connectivity index (χ0v) is 18.8. The highest BCUT2D eigenvalue weighted by atomic mass is 16.6. The average molecular weight is 444 g/mol. The molecule has 2 aromatic rings. The van der Waals surface area contributed by atoms with E-state index >= 15 is 0 Å². The molecule has 1 aromatic carbocycles. The number of ether oxygens (including phenoxy) is 1. The molecule has 2 aliphatic heterocycles. The van der Waals surface area contributed by atoms with Gasteiger partial charge in [-0.1, -0.05) is 6.07 Å². The van der Waals surface area contributed by atoms with Crippen LogP contribution in [0.4, 0.5) is 15.4 Å². The van der Waals surface area contributed by atoms with Crippen molar-refractivity contribution in [2.45, 2.75) is 51.2 Å². The average Bonchev–Trinajstić information content (AvgIpc) is 3.02. The van der Waals surface area contributed by atoms with E-state index in [1.165, 1.54) is 4.90 Å². The highest BCUT2D eigenvalue weighted by Gasteiger charge is 2.34. The molecule has 2 atom stereocenters. The van der Waals surface area contributed by atoms with Crippen molar-refractivity contribution in [1.29, 1.82) is 0 Å². The van der Waals surface area contributed by atoms with Gasteiger partial charge >= 0.3 is 12.1 Å². The van der Waals surface area contributed by atoms with Crippen LogP contribution in [0.15, 0.2) is 18.2 Å². The van der Waals surface area contributed by atoms with Crippen LogP contribution in [-0.2, 0) is 16.6 Å². The Hall–Kier alpha value is -3.14. The molecule has 0 radical (unpaired) electrons. The molecule has 4 rings (SSSR count). The fourth-order valence-corrected chi connectivity index (χ4v) is 4.26. The third-order valence-corrected chi connectivity index (χ3v) is 5.83. The first-order valence-electron chi connectivity index (χ1n) is 10.8. The molecule has 3 heterocycles. The first kappa shape index (κ1) is 22.1. The van der Waals surface area contributed by atoms with E-state index in [1.807, 2.05) is 39.0 Å². The first-order chi connectivity index (χ1) is 15.0. The minimum atomic E-state index is -0.722. The lowest BCUT2D eigenvalue weighted by atomic mass is 9.87. The molecule has 0 aliphatic carbocycles. The van der Waals surface area contributed by atoms with Crippen LogP contribution in [0.1, 0.15) is 45.1 Å². The number of aliphatic hydroxyl groups is 1. The number of nitrogens with zero attached hydrogens (tertiary/aromatic N) is 4. The lowest BCUT2D eigenvalue weighted by Crippen LogP contribution is -2.49. The topological polar surface area (TPSA) is 117 Å². The lowest BCUT2D eigenvalue weighted by molar-refractivity contribution is -0.120. The first-order valence-corrected chi connectivity index (χ1v) is 10.8. The van der Waals surface area contributed by atoms with Crippen molar-refractivity contribution in [2.75, 3.05) is 24.5 Å². The number of anilines is 1. The quantitative estimate of drug-likeness (QED) is 0.734. The van der Waals surface area contributed by atoms with Crippen LogP contribution in [0.3, 0.4) is 0 Å². The molecule has 2 saturated heterocycles. The van der Waals surface area contributed by atoms with Crippen molar-refractivity contribution >= 4 is 34.8 Å². The fourth-order valence-electron chi connectivity index (χ4n) is 4.26. The number of aliphatic hydroxyl groups excluding tert-OH is 1. The Morgan fingerprint density at radius 3 is 2.66 bits per heavy atom. The number of hydrogen-bond donors (Lipinski definition) is 2. The standard InChI is InChI=1S/C22H29N5O5/c1-22(2,3)32-21(31)26-9-7-14(17(28)12-26)13-5-6-15-16(11-13)25(4)24-19(15)27-10-8-18(29)23-20(27)30/h5-6,11,14,17,28H,7-10,12H2,1-4H3,(H,23,29,30)/t14-,17-/m0/s1. The van der Waals surface area contributed by atoms with Crippen molar-refractivity contribution in [3.8, 4) is 0 Å². The molecule has 2 N–H and O–H groups in total. The van der Waals surface area contributed by atoms with Gasteiger partial charge in [-0.25, -0.2) is 9.59 Å². The Morgan fingerprint density at radius 1 is 1.25 bits per heavy atom. The van der Waals surface area contributed by atoms with Crippen LogP contribution in [0.25, 0.3) is 10.9 Å². The van der Waals surface area contributed by atoms with Crippen molar-refractivity contribution in [3.63, 3.8) is 0 Å². The van der Waals surface area contributed by atoms with E-state index in [9.17, 15) is 19.5 Å². The highest BCUT2D eigenvalue weighted by Crippen LogP contribution is 2.34. The minimum Gasteiger partial charge on any atom is -0.444 e. The summed E-state index contributed by atoms with van der Waals surface area (Å²) >= 11 is 0. The molecule has 2 aliphatic rings. The van der Waals surface area contributed by atoms with Gasteiger partial charge in [0.25, 0.3) is 0 Å². The molecule has 0 spiro atoms. The molecular weight excluding hydrogens is 414 g/mol. The summed E-state index contributed by atoms with van der Waals surface area (Å²) < 4.78 is 7.12. The van der Waals surface area contributed by atoms with Crippen LogP contribution in [0.2, 0.25) is 0 Å². The number of carbonyl (C=O) groups excluding carboxylic acids is 3. The van der Waals surface area contributed by atoms with E-state index in [-0.39, 0.29) is 31.3 Å². The molecule has 0 bridgehead atoms. The lowest BCUT2D eigenvalue weighted by Gasteiger charge is -2.37. The maximum atomic E-state index is 12.3. The molecule has 0 unspecified atom stereocenters. The van der Waals surface area contributed by atoms with Crippen molar-refractivity contribution in [3.05, 3.63) is 23.8 Å². The van der Waals surface area contributed by atoms with Crippen LogP contribution in [0, 0.1) is 0 Å². The number of piperidine rings is 1. The number of β-amino-alcohol motifs (C(OH)–C–C–N with tert-alkyl or cyclic N) is 1. The number of likely N-dealkylation sites (tertiary alicyclic amines) is 1. The van der Waals surface area contributed by atoms with Gasteiger partial charge in [0.2, 0.25) is 5.91 Å². The molecule has 32 heavy (non-hydrogen) atoms. The van der Waals surface area contributed by atoms with Crippen molar-refractivity contribution in [2.24, 2.45) is 7.05 Å². The van der Waals surface area contributed by atoms with Crippen LogP contribution in [-0.4, -0.2) is 69.2 Å². The van der Waals surface area contributed by atoms with Gasteiger partial charge in [0.15, 0.2) is 5.82 Å². The van der Waals surface area contributed by atoms with E-state index in [4.69, 9.17) is 4.74 Å². The Bertz CT molecular complexity index is 1070. The minimum absolute atomic E-state index is 0.132. The Morgan fingerprint density at radius 2 is 2.00 bits per heavy atom. The second-order valence-corrected chi connectivity index (χ2v) is 9.37. The summed E-state index contributed by atoms with van der Waals surface area (Å²) in [6, 6.07) is 5.31. The summed E-state index contributed by atoms with van der Waals surface area (Å²) in [6.45, 7) is 6.42. The van der Waals surface area contributed by atoms with E-state index in [1.54, 1.807) is 16.6 Å². The SMILES string of the molecule is Cn1nc(N2CCC(=O)NC2=O)c2ccc([C@@H]3CCN(C(=O)OC(C)(C)C)C[C@@H]3O)cc21. The maximum absolute atomic E-state index is 12.3. The Labute approximate surface area is 186 Å². The number of aryl methyl sites for hydroxylation is 1. The number of aromatic nitrogens is 2. The summed E-state index contributed by atoms with van der Waals surface area (Å²) in [5.74, 6) is 0.0761. The third-order valence-electron chi connectivity index (χ3n) is 5.83. The van der Waals surface area contributed by atoms with E-state index in [0.717, 1.165) is 16.5 Å². The summed E-state index contributed by atoms with van der Waals surface area (Å²) in [5, 5.41) is 18.4. The molecule has 0 saturated carbocycles. The summed E-state index contributed by atoms with van der Waals surface area (Å²) in [7, 11) is 1.80. The van der Waals surface area contributed by atoms with Gasteiger partial charge in [-0.2, -0.15) is 5.10 Å². The van der Waals surface area contributed by atoms with Gasteiger partial charge in [-0.15, -0.1) is 0 Å². The monoisotopic (exact) mass is 443 g/mol. The number of hydrogen-bond acceptors (Lipinski definition) is 6. The van der Waals surface area contributed by atoms with Gasteiger partial charge < -0.3 is 14.7 Å². The number of amides is 4. The molecule has 172 valence electrons. The predicted molar refractivity (Wildman–Crippen MR) is 117 cm³/mol. The second-order valence-electron chi connectivity index (χ2n) is 9.37. The zero-order chi connectivity index (χ0) is 23.2. The van der Waals surface area contributed by atoms with Crippen LogP contribution >= 0.6 is 0 Å². The van der Waals surface area contributed by atoms with Gasteiger partial charge in [-0.3, -0.25) is 19.7 Å². The molecular formula is C22H29N5O5. The van der Waals surface area contributed by atoms with Gasteiger partial charge in [-0.05, 0) is 44.9 Å². The molecule has 10 heteroatoms. The van der Waals surface area contributed by atoms with E-state index < -0.39 is 23.8 Å². The van der Waals surface area contributed by atoms with Gasteiger partial charge in [0, 0.05) is 37.9 Å². The smallest absolute Gasteiger partial charge is 0.410 e. The molecule has 10 nitrogen and oxygen atoms in total. The highest BCUT2D eigenvalue weighted by molar-refractivity contribution is 6.08. The van der Waals surface area contributed by atoms with Crippen molar-refractivity contribution < 1.29 is 24.2 Å². The number of urea groups is 1. The molecule has 4 amide bonds. The Balaban J connectivity index is 1.54. The number of nitrogens with one attached hydrogen (secondary N) is 1. The van der Waals surface area contributed by atoms with E-state index in [0.29, 0.717) is 18.8 Å². The largest absolute Gasteiger partial charge is 0.444 e. The van der Waals surface area contributed by atoms with Crippen LogP contribution < -0.4 is 10.2 Å². The number of imide groups is 1. The fraction of sp³-hybridized carbons (Fsp3) is 0.545. The number of benzene rings is 1. The maximum Gasteiger partial charge on any atom is 0.410 e. The Kier molecular flexibility index (Phi) is 5.58. The summed E-state index contributed by atoms with van der Waals surface area (Å²) in [6.07, 6.45) is -0.308. The predicted octanol–water partition coefficient (Wildman–Crippen LogP) is 2.10.